The van der Waals surface area contributed by atoms with Crippen molar-refractivity contribution in [1.29, 1.82) is 0 Å². The minimum Gasteiger partial charge on any atom is -1.00 e. The molecule has 34 heavy (non-hydrogen) atoms. The fourth-order valence-corrected chi connectivity index (χ4v) is 3.66. The summed E-state index contributed by atoms with van der Waals surface area (Å²) < 4.78 is 33.5. The Kier molecular flexibility index (Phi) is 12.7. The van der Waals surface area contributed by atoms with Crippen molar-refractivity contribution < 1.29 is 82.8 Å². The van der Waals surface area contributed by atoms with Gasteiger partial charge < -0.3 is 62.4 Å². The summed E-state index contributed by atoms with van der Waals surface area (Å²) in [6.07, 6.45) is -0.756. The van der Waals surface area contributed by atoms with Gasteiger partial charge in [0.05, 0.1) is 20.6 Å². The molecule has 0 bridgehead atoms. The van der Waals surface area contributed by atoms with Gasteiger partial charge in [0, 0.05) is 14.2 Å². The van der Waals surface area contributed by atoms with Crippen molar-refractivity contribution in [2.75, 3.05) is 28.4 Å². The molecule has 2 aliphatic rings. The first-order chi connectivity index (χ1) is 15.1. The van der Waals surface area contributed by atoms with Crippen LogP contribution in [0, 0.1) is 0 Å². The second-order valence-corrected chi connectivity index (χ2v) is 7.11. The molecular formula is C23H26Br2N2O6Pd. The molecule has 0 saturated carbocycles. The van der Waals surface area contributed by atoms with Gasteiger partial charge in [-0.3, -0.25) is 0 Å². The summed E-state index contributed by atoms with van der Waals surface area (Å²) in [6.45, 7) is 0. The summed E-state index contributed by atoms with van der Waals surface area (Å²) >= 11 is 0. The second-order valence-electron chi connectivity index (χ2n) is 7.11. The molecule has 4 atom stereocenters. The molecule has 2 unspecified atom stereocenters. The Morgan fingerprint density at radius 3 is 1.47 bits per heavy atom. The molecular weight excluding hydrogens is 666 g/mol. The van der Waals surface area contributed by atoms with Crippen molar-refractivity contribution in [3.63, 3.8) is 0 Å². The van der Waals surface area contributed by atoms with Crippen molar-refractivity contribution >= 4 is 11.8 Å². The molecule has 2 heterocycles. The largest absolute Gasteiger partial charge is 2.00 e. The number of benzene rings is 2. The Bertz CT molecular complexity index is 916. The molecule has 0 aromatic heterocycles. The smallest absolute Gasteiger partial charge is 1.00 e. The van der Waals surface area contributed by atoms with Gasteiger partial charge in [0.2, 0.25) is 12.6 Å². The summed E-state index contributed by atoms with van der Waals surface area (Å²) in [7, 11) is 6.46. The van der Waals surface area contributed by atoms with Crippen LogP contribution in [0.5, 0.6) is 11.5 Å². The van der Waals surface area contributed by atoms with Crippen molar-refractivity contribution in [1.82, 2.24) is 0 Å². The molecule has 0 saturated heterocycles. The van der Waals surface area contributed by atoms with Crippen molar-refractivity contribution in [3.05, 3.63) is 59.7 Å². The number of methoxy groups -OCH3 is 4. The summed E-state index contributed by atoms with van der Waals surface area (Å²) in [5.74, 6) is 2.51. The van der Waals surface area contributed by atoms with E-state index in [-0.39, 0.29) is 66.5 Å². The van der Waals surface area contributed by atoms with Gasteiger partial charge in [-0.05, 0) is 35.4 Å². The zero-order valence-corrected chi connectivity index (χ0v) is 23.8. The molecule has 8 nitrogen and oxygen atoms in total. The Hall–Kier alpha value is -1.48. The van der Waals surface area contributed by atoms with Crippen LogP contribution in [0.15, 0.2) is 58.5 Å². The van der Waals surface area contributed by atoms with Crippen LogP contribution in [0.3, 0.4) is 0 Å². The average molecular weight is 693 g/mol. The molecule has 2 aliphatic heterocycles. The Morgan fingerprint density at radius 1 is 0.706 bits per heavy atom. The van der Waals surface area contributed by atoms with Gasteiger partial charge in [-0.1, -0.05) is 24.3 Å². The monoisotopic (exact) mass is 690 g/mol. The van der Waals surface area contributed by atoms with Crippen molar-refractivity contribution in [2.45, 2.75) is 31.1 Å². The second kappa shape index (κ2) is 14.2. The maximum absolute atomic E-state index is 5.92. The zero-order valence-electron chi connectivity index (χ0n) is 19.1. The summed E-state index contributed by atoms with van der Waals surface area (Å²) in [5, 5.41) is 0. The third-order valence-corrected chi connectivity index (χ3v) is 5.22. The van der Waals surface area contributed by atoms with Crippen molar-refractivity contribution in [2.24, 2.45) is 9.98 Å². The van der Waals surface area contributed by atoms with E-state index in [0.29, 0.717) is 18.2 Å². The predicted octanol–water partition coefficient (Wildman–Crippen LogP) is -2.32. The number of halogens is 2. The van der Waals surface area contributed by atoms with Crippen LogP contribution in [0.4, 0.5) is 0 Å². The number of rotatable bonds is 8. The van der Waals surface area contributed by atoms with E-state index in [2.05, 4.69) is 0 Å². The number of aliphatic imine (C=N–C) groups is 2. The maximum Gasteiger partial charge on any atom is 2.00 e. The molecule has 2 aromatic rings. The van der Waals surface area contributed by atoms with E-state index in [1.54, 1.807) is 28.4 Å². The van der Waals surface area contributed by atoms with Gasteiger partial charge in [0.15, 0.2) is 11.8 Å². The van der Waals surface area contributed by atoms with Gasteiger partial charge in [-0.2, -0.15) is 0 Å². The van der Waals surface area contributed by atoms with Gasteiger partial charge in [-0.25, -0.2) is 9.98 Å². The van der Waals surface area contributed by atoms with Crippen LogP contribution in [0.25, 0.3) is 0 Å². The Labute approximate surface area is 234 Å². The van der Waals surface area contributed by atoms with E-state index in [9.17, 15) is 0 Å². The standard InChI is InChI=1S/C23H26N2O6.2BrH.Pd/c1-26-16-9-5-7-14(11-16)20-22(28-3)30-18(24-20)13-19-25-21(23(29-4)31-19)15-8-6-10-17(12-15)27-2;;;/h5-12,20-23H,13H2,1-4H3;2*1H;/q;;;+2/p-2/t20-,21-,22?,23?;;;/m1.../s1. The van der Waals surface area contributed by atoms with Crippen LogP contribution in [0.1, 0.15) is 29.6 Å². The third kappa shape index (κ3) is 6.81. The zero-order chi connectivity index (χ0) is 21.8. The van der Waals surface area contributed by atoms with Crippen LogP contribution in [-0.4, -0.2) is 52.8 Å². The predicted molar refractivity (Wildman–Crippen MR) is 115 cm³/mol. The van der Waals surface area contributed by atoms with Gasteiger partial charge in [0.1, 0.15) is 23.6 Å². The molecule has 0 aliphatic carbocycles. The fraction of sp³-hybridized carbons (Fsp3) is 0.391. The Morgan fingerprint density at radius 2 is 1.12 bits per heavy atom. The van der Waals surface area contributed by atoms with E-state index in [1.807, 2.05) is 48.5 Å². The first-order valence-corrected chi connectivity index (χ1v) is 9.95. The minimum atomic E-state index is -0.531. The summed E-state index contributed by atoms with van der Waals surface area (Å²) in [6, 6.07) is 14.8. The fourth-order valence-electron chi connectivity index (χ4n) is 3.66. The van der Waals surface area contributed by atoms with Gasteiger partial charge in [-0.15, -0.1) is 0 Å². The van der Waals surface area contributed by atoms with E-state index >= 15 is 0 Å². The summed E-state index contributed by atoms with van der Waals surface area (Å²) in [5.41, 5.74) is 1.89. The number of hydrogen-bond acceptors (Lipinski definition) is 8. The molecule has 0 fully saturated rings. The third-order valence-electron chi connectivity index (χ3n) is 5.22. The molecule has 188 valence electrons. The molecule has 0 spiro atoms. The SMILES string of the molecule is COc1cccc([C@H]2N=C(CC3=N[C@H](c4cccc(OC)c4)C(OC)O3)OC2OC)c1.[Br-].[Br-].[Pd+2]. The molecule has 11 heteroatoms. The van der Waals surface area contributed by atoms with E-state index in [1.165, 1.54) is 0 Å². The topological polar surface area (TPSA) is 80.1 Å². The van der Waals surface area contributed by atoms with Gasteiger partial charge in [0.25, 0.3) is 0 Å². The molecule has 0 radical (unpaired) electrons. The van der Waals surface area contributed by atoms with E-state index in [0.717, 1.165) is 22.6 Å². The van der Waals surface area contributed by atoms with Crippen molar-refractivity contribution in [3.8, 4) is 11.5 Å². The molecule has 2 aromatic carbocycles. The van der Waals surface area contributed by atoms with E-state index in [4.69, 9.17) is 38.4 Å². The average Bonchev–Trinajstić information content (AvgIpc) is 3.43. The normalized spacial score (nSPS) is 22.6. The van der Waals surface area contributed by atoms with E-state index < -0.39 is 12.6 Å². The summed E-state index contributed by atoms with van der Waals surface area (Å²) in [4.78, 5) is 9.44. The number of ether oxygens (including phenoxy) is 6. The molecule has 4 rings (SSSR count). The maximum atomic E-state index is 5.92. The van der Waals surface area contributed by atoms with Gasteiger partial charge >= 0.3 is 20.4 Å². The minimum absolute atomic E-state index is 0. The first-order valence-electron chi connectivity index (χ1n) is 9.95. The number of nitrogens with zero attached hydrogens (tertiary/aromatic N) is 2. The van der Waals surface area contributed by atoms with Crippen LogP contribution < -0.4 is 43.4 Å². The number of hydrogen-bond donors (Lipinski definition) is 0. The van der Waals surface area contributed by atoms with Crippen LogP contribution in [0.2, 0.25) is 0 Å². The Balaban J connectivity index is 0.00000193. The van der Waals surface area contributed by atoms with Crippen LogP contribution >= 0.6 is 0 Å². The van der Waals surface area contributed by atoms with Crippen LogP contribution in [-0.2, 0) is 39.4 Å². The first kappa shape index (κ1) is 30.6. The molecule has 0 amide bonds. The molecule has 0 N–H and O–H groups in total. The quantitative estimate of drug-likeness (QED) is 0.290.